The molecule has 1 saturated heterocycles. The lowest BCUT2D eigenvalue weighted by molar-refractivity contribution is -0.137. The number of nitrogens with zero attached hydrogens (tertiary/aromatic N) is 2. The number of hydrogen-bond acceptors (Lipinski definition) is 4. The zero-order chi connectivity index (χ0) is 13.0. The van der Waals surface area contributed by atoms with Crippen LogP contribution in [0.5, 0.6) is 0 Å². The fourth-order valence-corrected chi connectivity index (χ4v) is 2.47. The number of aryl methyl sites for hydroxylation is 1. The fourth-order valence-electron chi connectivity index (χ4n) is 2.47. The predicted octanol–water partition coefficient (Wildman–Crippen LogP) is 2.06. The van der Waals surface area contributed by atoms with Gasteiger partial charge in [0.25, 0.3) is 0 Å². The first-order chi connectivity index (χ1) is 8.63. The normalized spacial score (nSPS) is 18.1. The average molecular weight is 252 g/mol. The van der Waals surface area contributed by atoms with E-state index in [0.29, 0.717) is 12.3 Å². The molecule has 0 atom stereocenters. The van der Waals surface area contributed by atoms with E-state index in [-0.39, 0.29) is 0 Å². The Balaban J connectivity index is 1.71. The standard InChI is InChI=1S/C13H20N2O3/c1-10-8-12(18-14-10)9-15-6-4-11(5-7-15)2-3-13(16)17/h8,11H,2-7,9H2,1H3,(H,16,17). The number of aliphatic carboxylic acids is 1. The van der Waals surface area contributed by atoms with Crippen molar-refractivity contribution in [2.45, 2.75) is 39.2 Å². The molecule has 1 fully saturated rings. The molecule has 0 radical (unpaired) electrons. The molecule has 0 aliphatic carbocycles. The van der Waals surface area contributed by atoms with Crippen LogP contribution in [-0.4, -0.2) is 34.2 Å². The third-order valence-electron chi connectivity index (χ3n) is 3.53. The van der Waals surface area contributed by atoms with E-state index in [1.165, 1.54) is 0 Å². The molecule has 100 valence electrons. The van der Waals surface area contributed by atoms with Crippen LogP contribution in [0.25, 0.3) is 0 Å². The largest absolute Gasteiger partial charge is 0.481 e. The lowest BCUT2D eigenvalue weighted by atomic mass is 9.92. The first-order valence-electron chi connectivity index (χ1n) is 6.50. The van der Waals surface area contributed by atoms with Gasteiger partial charge in [0.2, 0.25) is 0 Å². The minimum absolute atomic E-state index is 0.298. The van der Waals surface area contributed by atoms with E-state index in [0.717, 1.165) is 50.4 Å². The number of carbonyl (C=O) groups is 1. The molecule has 0 aromatic carbocycles. The average Bonchev–Trinajstić information content (AvgIpc) is 2.74. The molecule has 0 amide bonds. The minimum Gasteiger partial charge on any atom is -0.481 e. The molecule has 1 N–H and O–H groups in total. The van der Waals surface area contributed by atoms with Crippen LogP contribution in [-0.2, 0) is 11.3 Å². The zero-order valence-electron chi connectivity index (χ0n) is 10.8. The lowest BCUT2D eigenvalue weighted by Gasteiger charge is -2.30. The number of carboxylic acids is 1. The smallest absolute Gasteiger partial charge is 0.303 e. The van der Waals surface area contributed by atoms with Crippen LogP contribution in [0.1, 0.15) is 37.1 Å². The van der Waals surface area contributed by atoms with Crippen LogP contribution in [0, 0.1) is 12.8 Å². The number of rotatable bonds is 5. The monoisotopic (exact) mass is 252 g/mol. The molecule has 0 spiro atoms. The summed E-state index contributed by atoms with van der Waals surface area (Å²) in [7, 11) is 0. The molecule has 0 bridgehead atoms. The SMILES string of the molecule is Cc1cc(CN2CCC(CCC(=O)O)CC2)on1. The van der Waals surface area contributed by atoms with Crippen LogP contribution in [0.3, 0.4) is 0 Å². The Hall–Kier alpha value is -1.36. The second kappa shape index (κ2) is 6.00. The highest BCUT2D eigenvalue weighted by Crippen LogP contribution is 2.23. The lowest BCUT2D eigenvalue weighted by Crippen LogP contribution is -2.33. The van der Waals surface area contributed by atoms with Gasteiger partial charge in [-0.15, -0.1) is 0 Å². The van der Waals surface area contributed by atoms with Gasteiger partial charge in [-0.3, -0.25) is 9.69 Å². The van der Waals surface area contributed by atoms with Crippen molar-refractivity contribution < 1.29 is 14.4 Å². The van der Waals surface area contributed by atoms with Gasteiger partial charge in [-0.25, -0.2) is 0 Å². The second-order valence-electron chi connectivity index (χ2n) is 5.09. The highest BCUT2D eigenvalue weighted by Gasteiger charge is 2.20. The van der Waals surface area contributed by atoms with Crippen molar-refractivity contribution in [3.05, 3.63) is 17.5 Å². The van der Waals surface area contributed by atoms with Gasteiger partial charge >= 0.3 is 5.97 Å². The number of hydrogen-bond donors (Lipinski definition) is 1. The van der Waals surface area contributed by atoms with Crippen molar-refractivity contribution in [1.82, 2.24) is 10.1 Å². The van der Waals surface area contributed by atoms with Gasteiger partial charge in [-0.05, 0) is 45.2 Å². The molecule has 2 heterocycles. The molecular weight excluding hydrogens is 232 g/mol. The Morgan fingerprint density at radius 1 is 1.56 bits per heavy atom. The van der Waals surface area contributed by atoms with Crippen molar-refractivity contribution in [3.63, 3.8) is 0 Å². The van der Waals surface area contributed by atoms with Crippen LogP contribution in [0.15, 0.2) is 10.6 Å². The Bertz CT molecular complexity index is 395. The molecule has 18 heavy (non-hydrogen) atoms. The summed E-state index contributed by atoms with van der Waals surface area (Å²) >= 11 is 0. The molecular formula is C13H20N2O3. The summed E-state index contributed by atoms with van der Waals surface area (Å²) in [6.45, 7) is 4.77. The zero-order valence-corrected chi connectivity index (χ0v) is 10.8. The van der Waals surface area contributed by atoms with Gasteiger partial charge in [0, 0.05) is 12.5 Å². The van der Waals surface area contributed by atoms with E-state index >= 15 is 0 Å². The number of likely N-dealkylation sites (tertiary alicyclic amines) is 1. The van der Waals surface area contributed by atoms with E-state index in [9.17, 15) is 4.79 Å². The number of aromatic nitrogens is 1. The summed E-state index contributed by atoms with van der Waals surface area (Å²) in [5.41, 5.74) is 0.918. The van der Waals surface area contributed by atoms with Gasteiger partial charge in [0.1, 0.15) is 0 Å². The molecule has 2 rings (SSSR count). The van der Waals surface area contributed by atoms with Crippen molar-refractivity contribution in [2.75, 3.05) is 13.1 Å². The Kier molecular flexibility index (Phi) is 4.36. The fraction of sp³-hybridized carbons (Fsp3) is 0.692. The summed E-state index contributed by atoms with van der Waals surface area (Å²) in [4.78, 5) is 12.9. The van der Waals surface area contributed by atoms with E-state index in [1.807, 2.05) is 13.0 Å². The predicted molar refractivity (Wildman–Crippen MR) is 66.1 cm³/mol. The quantitative estimate of drug-likeness (QED) is 0.868. The van der Waals surface area contributed by atoms with Gasteiger partial charge in [0.05, 0.1) is 12.2 Å². The van der Waals surface area contributed by atoms with Crippen molar-refractivity contribution in [1.29, 1.82) is 0 Å². The minimum atomic E-state index is -0.686. The van der Waals surface area contributed by atoms with Crippen LogP contribution in [0.2, 0.25) is 0 Å². The molecule has 1 aliphatic heterocycles. The van der Waals surface area contributed by atoms with Gasteiger partial charge in [-0.1, -0.05) is 5.16 Å². The van der Waals surface area contributed by atoms with Crippen molar-refractivity contribution >= 4 is 5.97 Å². The highest BCUT2D eigenvalue weighted by atomic mass is 16.5. The summed E-state index contributed by atoms with van der Waals surface area (Å²) in [6, 6.07) is 1.97. The third kappa shape index (κ3) is 3.84. The summed E-state index contributed by atoms with van der Waals surface area (Å²) in [5.74, 6) is 0.792. The van der Waals surface area contributed by atoms with E-state index in [2.05, 4.69) is 10.1 Å². The summed E-state index contributed by atoms with van der Waals surface area (Å²) < 4.78 is 5.20. The molecule has 5 nitrogen and oxygen atoms in total. The highest BCUT2D eigenvalue weighted by molar-refractivity contribution is 5.66. The van der Waals surface area contributed by atoms with Crippen molar-refractivity contribution in [3.8, 4) is 0 Å². The Morgan fingerprint density at radius 2 is 2.28 bits per heavy atom. The van der Waals surface area contributed by atoms with Crippen LogP contribution >= 0.6 is 0 Å². The Labute approximate surface area is 107 Å². The van der Waals surface area contributed by atoms with E-state index < -0.39 is 5.97 Å². The second-order valence-corrected chi connectivity index (χ2v) is 5.09. The molecule has 5 heteroatoms. The Morgan fingerprint density at radius 3 is 2.83 bits per heavy atom. The number of piperidine rings is 1. The van der Waals surface area contributed by atoms with Crippen molar-refractivity contribution in [2.24, 2.45) is 5.92 Å². The topological polar surface area (TPSA) is 66.6 Å². The first-order valence-corrected chi connectivity index (χ1v) is 6.50. The van der Waals surface area contributed by atoms with Gasteiger partial charge < -0.3 is 9.63 Å². The maximum atomic E-state index is 10.5. The molecule has 1 aromatic rings. The van der Waals surface area contributed by atoms with Gasteiger partial charge in [0.15, 0.2) is 5.76 Å². The maximum absolute atomic E-state index is 10.5. The third-order valence-corrected chi connectivity index (χ3v) is 3.53. The molecule has 1 aliphatic rings. The molecule has 1 aromatic heterocycles. The van der Waals surface area contributed by atoms with Crippen LogP contribution in [0.4, 0.5) is 0 Å². The number of carboxylic acid groups (broad SMARTS) is 1. The van der Waals surface area contributed by atoms with Gasteiger partial charge in [-0.2, -0.15) is 0 Å². The van der Waals surface area contributed by atoms with Crippen LogP contribution < -0.4 is 0 Å². The summed E-state index contributed by atoms with van der Waals surface area (Å²) in [5, 5.41) is 12.5. The first kappa shape index (κ1) is 13.1. The van der Waals surface area contributed by atoms with E-state index in [1.54, 1.807) is 0 Å². The molecule has 0 saturated carbocycles. The summed E-state index contributed by atoms with van der Waals surface area (Å²) in [6.07, 6.45) is 3.28. The molecule has 0 unspecified atom stereocenters. The van der Waals surface area contributed by atoms with E-state index in [4.69, 9.17) is 9.63 Å². The maximum Gasteiger partial charge on any atom is 0.303 e.